The smallest absolute Gasteiger partial charge is 0.161 e. The van der Waals surface area contributed by atoms with Crippen molar-refractivity contribution < 1.29 is 9.15 Å². The number of ether oxygens (including phenoxy) is 1. The van der Waals surface area contributed by atoms with E-state index >= 15 is 0 Å². The number of allylic oxidation sites excluding steroid dienone is 1. The van der Waals surface area contributed by atoms with Crippen LogP contribution in [0.3, 0.4) is 0 Å². The molecule has 252 valence electrons. The van der Waals surface area contributed by atoms with Gasteiger partial charge in [0.2, 0.25) is 0 Å². The lowest BCUT2D eigenvalue weighted by atomic mass is 9.76. The van der Waals surface area contributed by atoms with Crippen LogP contribution in [0.1, 0.15) is 22.5 Å². The first-order valence-corrected chi connectivity index (χ1v) is 18.3. The second-order valence-corrected chi connectivity index (χ2v) is 14.0. The van der Waals surface area contributed by atoms with Crippen LogP contribution < -0.4 is 9.64 Å². The summed E-state index contributed by atoms with van der Waals surface area (Å²) in [4.78, 5) is 13.0. The van der Waals surface area contributed by atoms with Crippen LogP contribution in [0.25, 0.3) is 61.3 Å². The summed E-state index contributed by atoms with van der Waals surface area (Å²) in [6, 6.07) is 61.1. The Labute approximate surface area is 311 Å². The number of rotatable bonds is 3. The fourth-order valence-corrected chi connectivity index (χ4v) is 9.10. The minimum absolute atomic E-state index is 0.675. The first-order valence-electron chi connectivity index (χ1n) is 18.3. The van der Waals surface area contributed by atoms with Crippen molar-refractivity contribution in [1.29, 1.82) is 0 Å². The Balaban J connectivity index is 1.20. The summed E-state index contributed by atoms with van der Waals surface area (Å²) in [7, 11) is 0. The molecular formula is C49H29N3O2. The molecule has 5 nitrogen and oxygen atoms in total. The van der Waals surface area contributed by atoms with Crippen molar-refractivity contribution in [3.05, 3.63) is 204 Å². The van der Waals surface area contributed by atoms with Crippen molar-refractivity contribution in [2.75, 3.05) is 4.90 Å². The molecule has 54 heavy (non-hydrogen) atoms. The van der Waals surface area contributed by atoms with E-state index in [1.807, 2.05) is 24.3 Å². The van der Waals surface area contributed by atoms with Crippen molar-refractivity contribution in [1.82, 2.24) is 9.97 Å². The zero-order valence-electron chi connectivity index (χ0n) is 28.9. The van der Waals surface area contributed by atoms with E-state index in [9.17, 15) is 0 Å². The van der Waals surface area contributed by atoms with Gasteiger partial charge >= 0.3 is 0 Å². The van der Waals surface area contributed by atoms with Gasteiger partial charge in [-0.25, -0.2) is 9.97 Å². The van der Waals surface area contributed by atoms with E-state index in [1.165, 1.54) is 0 Å². The van der Waals surface area contributed by atoms with Gasteiger partial charge in [0.15, 0.2) is 17.3 Å². The Morgan fingerprint density at radius 3 is 2.09 bits per heavy atom. The van der Waals surface area contributed by atoms with Gasteiger partial charge in [0, 0.05) is 27.6 Å². The molecule has 1 atom stereocenters. The third-order valence-electron chi connectivity index (χ3n) is 11.2. The average molecular weight is 692 g/mol. The summed E-state index contributed by atoms with van der Waals surface area (Å²) < 4.78 is 14.4. The molecule has 9 aromatic rings. The molecule has 1 aliphatic heterocycles. The standard InChI is InChI=1S/C49H29N3O2/c1-3-16-30(17-4-1)44-33-21-8-11-26-38(33)50-48(51-44)35-23-15-25-37-42(35)32-20-7-10-24-36(32)49(37)46-43(34-22-9-13-28-40(34)53-46)45-47(49)54-41-29-14-12-27-39(41)52(45)31-18-5-2-6-19-31/h1-29H. The van der Waals surface area contributed by atoms with Crippen LogP contribution >= 0.6 is 0 Å². The summed E-state index contributed by atoms with van der Waals surface area (Å²) in [6.45, 7) is 0. The highest BCUT2D eigenvalue weighted by Gasteiger charge is 2.61. The summed E-state index contributed by atoms with van der Waals surface area (Å²) in [5.41, 5.74) is 12.2. The van der Waals surface area contributed by atoms with E-state index in [0.717, 1.165) is 101 Å². The molecule has 0 fully saturated rings. The number of para-hydroxylation sites is 5. The number of hydrogen-bond acceptors (Lipinski definition) is 5. The van der Waals surface area contributed by atoms with Crippen LogP contribution in [0.5, 0.6) is 5.75 Å². The van der Waals surface area contributed by atoms with Crippen LogP contribution in [0.15, 0.2) is 186 Å². The van der Waals surface area contributed by atoms with Crippen LogP contribution in [-0.2, 0) is 5.41 Å². The average Bonchev–Trinajstić information content (AvgIpc) is 3.86. The SMILES string of the molecule is c1ccc(-c2nc(-c3cccc4c3-c3ccccc3C43C4=C(c5c3oc3ccccc53)N(c3ccccc3)c3ccccc3O4)nc3ccccc23)cc1. The predicted octanol–water partition coefficient (Wildman–Crippen LogP) is 11.9. The monoisotopic (exact) mass is 691 g/mol. The Hall–Kier alpha value is -7.24. The highest BCUT2D eigenvalue weighted by atomic mass is 16.5. The fourth-order valence-electron chi connectivity index (χ4n) is 9.10. The van der Waals surface area contributed by atoms with Crippen molar-refractivity contribution in [3.63, 3.8) is 0 Å². The number of nitrogens with zero attached hydrogens (tertiary/aromatic N) is 3. The van der Waals surface area contributed by atoms with E-state index in [2.05, 4.69) is 157 Å². The molecule has 0 radical (unpaired) electrons. The Bertz CT molecular complexity index is 3040. The van der Waals surface area contributed by atoms with Gasteiger partial charge in [0.25, 0.3) is 0 Å². The minimum Gasteiger partial charge on any atom is -0.459 e. The molecule has 12 rings (SSSR count). The van der Waals surface area contributed by atoms with Gasteiger partial charge in [0.05, 0.1) is 28.2 Å². The lowest BCUT2D eigenvalue weighted by Crippen LogP contribution is -2.32. The van der Waals surface area contributed by atoms with E-state index in [0.29, 0.717) is 5.82 Å². The lowest BCUT2D eigenvalue weighted by molar-refractivity contribution is 0.346. The zero-order valence-corrected chi connectivity index (χ0v) is 28.9. The van der Waals surface area contributed by atoms with E-state index in [1.54, 1.807) is 0 Å². The van der Waals surface area contributed by atoms with Gasteiger partial charge < -0.3 is 14.1 Å². The fraction of sp³-hybridized carbons (Fsp3) is 0.0204. The third-order valence-corrected chi connectivity index (χ3v) is 11.2. The number of anilines is 2. The molecule has 2 aliphatic carbocycles. The van der Waals surface area contributed by atoms with Crippen LogP contribution in [0.4, 0.5) is 11.4 Å². The molecule has 0 bridgehead atoms. The molecule has 1 spiro atoms. The Kier molecular flexibility index (Phi) is 5.92. The largest absolute Gasteiger partial charge is 0.459 e. The Morgan fingerprint density at radius 2 is 1.20 bits per heavy atom. The molecule has 2 aromatic heterocycles. The van der Waals surface area contributed by atoms with Crippen LogP contribution in [0.2, 0.25) is 0 Å². The quantitative estimate of drug-likeness (QED) is 0.185. The summed E-state index contributed by atoms with van der Waals surface area (Å²) in [5.74, 6) is 3.16. The molecular weight excluding hydrogens is 663 g/mol. The van der Waals surface area contributed by atoms with Crippen molar-refractivity contribution in [2.24, 2.45) is 0 Å². The van der Waals surface area contributed by atoms with Crippen molar-refractivity contribution >= 4 is 38.9 Å². The van der Waals surface area contributed by atoms with Crippen molar-refractivity contribution in [3.8, 4) is 39.5 Å². The number of aromatic nitrogens is 2. The molecule has 3 heterocycles. The first-order chi connectivity index (χ1) is 26.8. The summed E-state index contributed by atoms with van der Waals surface area (Å²) in [6.07, 6.45) is 0. The number of fused-ring (bicyclic) bond motifs is 13. The summed E-state index contributed by atoms with van der Waals surface area (Å²) in [5, 5.41) is 2.07. The topological polar surface area (TPSA) is 51.4 Å². The maximum absolute atomic E-state index is 7.28. The van der Waals surface area contributed by atoms with Gasteiger partial charge in [-0.3, -0.25) is 0 Å². The second kappa shape index (κ2) is 10.9. The van der Waals surface area contributed by atoms with Crippen LogP contribution in [0, 0.1) is 0 Å². The normalized spacial score (nSPS) is 16.3. The third kappa shape index (κ3) is 3.77. The number of furan rings is 1. The molecule has 0 amide bonds. The van der Waals surface area contributed by atoms with E-state index in [-0.39, 0.29) is 0 Å². The summed E-state index contributed by atoms with van der Waals surface area (Å²) >= 11 is 0. The molecule has 1 unspecified atom stereocenters. The van der Waals surface area contributed by atoms with Crippen molar-refractivity contribution in [2.45, 2.75) is 5.41 Å². The zero-order chi connectivity index (χ0) is 35.4. The molecule has 7 aromatic carbocycles. The van der Waals surface area contributed by atoms with Gasteiger partial charge in [-0.2, -0.15) is 0 Å². The highest BCUT2D eigenvalue weighted by molar-refractivity contribution is 6.09. The van der Waals surface area contributed by atoms with E-state index in [4.69, 9.17) is 19.1 Å². The van der Waals surface area contributed by atoms with E-state index < -0.39 is 5.41 Å². The second-order valence-electron chi connectivity index (χ2n) is 14.0. The number of benzene rings is 7. The number of hydrogen-bond donors (Lipinski definition) is 0. The van der Waals surface area contributed by atoms with Gasteiger partial charge in [-0.15, -0.1) is 0 Å². The molecule has 0 N–H and O–H groups in total. The molecule has 5 heteroatoms. The predicted molar refractivity (Wildman–Crippen MR) is 215 cm³/mol. The van der Waals surface area contributed by atoms with Gasteiger partial charge in [0.1, 0.15) is 16.8 Å². The maximum atomic E-state index is 7.28. The molecule has 0 saturated carbocycles. The molecule has 0 saturated heterocycles. The van der Waals surface area contributed by atoms with Gasteiger partial charge in [-0.05, 0) is 58.7 Å². The Morgan fingerprint density at radius 1 is 0.519 bits per heavy atom. The minimum atomic E-state index is -0.898. The molecule has 3 aliphatic rings. The lowest BCUT2D eigenvalue weighted by Gasteiger charge is -2.36. The highest BCUT2D eigenvalue weighted by Crippen LogP contribution is 2.67. The first kappa shape index (κ1) is 29.3. The van der Waals surface area contributed by atoms with Gasteiger partial charge in [-0.1, -0.05) is 140 Å². The van der Waals surface area contributed by atoms with Crippen LogP contribution in [-0.4, -0.2) is 9.97 Å². The maximum Gasteiger partial charge on any atom is 0.161 e.